The normalized spacial score (nSPS) is 20.5. The summed E-state index contributed by atoms with van der Waals surface area (Å²) in [6.45, 7) is 1.55. The molecule has 0 saturated carbocycles. The van der Waals surface area contributed by atoms with Crippen LogP contribution in [0.2, 0.25) is 0 Å². The SMILES string of the molecule is CC(NC(=O)NC1CCS(=O)(=O)C1)C(=O)Nc1ccc(Br)cc1. The van der Waals surface area contributed by atoms with Gasteiger partial charge < -0.3 is 16.0 Å². The fourth-order valence-corrected chi connectivity index (χ4v) is 4.12. The number of hydrogen-bond donors (Lipinski definition) is 3. The topological polar surface area (TPSA) is 104 Å². The van der Waals surface area contributed by atoms with Gasteiger partial charge in [0.05, 0.1) is 11.5 Å². The summed E-state index contributed by atoms with van der Waals surface area (Å²) in [6.07, 6.45) is 0.398. The first kappa shape index (κ1) is 17.7. The summed E-state index contributed by atoms with van der Waals surface area (Å²) in [4.78, 5) is 23.8. The third-order valence-corrected chi connectivity index (χ3v) is 5.72. The summed E-state index contributed by atoms with van der Waals surface area (Å²) >= 11 is 3.30. The van der Waals surface area contributed by atoms with E-state index in [0.717, 1.165) is 4.47 Å². The van der Waals surface area contributed by atoms with Crippen molar-refractivity contribution >= 4 is 43.4 Å². The van der Waals surface area contributed by atoms with E-state index in [-0.39, 0.29) is 17.4 Å². The number of hydrogen-bond acceptors (Lipinski definition) is 4. The molecule has 1 saturated heterocycles. The maximum absolute atomic E-state index is 12.0. The minimum Gasteiger partial charge on any atom is -0.334 e. The lowest BCUT2D eigenvalue weighted by molar-refractivity contribution is -0.117. The summed E-state index contributed by atoms with van der Waals surface area (Å²) in [5.41, 5.74) is 0.620. The van der Waals surface area contributed by atoms with Crippen LogP contribution < -0.4 is 16.0 Å². The van der Waals surface area contributed by atoms with E-state index < -0.39 is 28.0 Å². The van der Waals surface area contributed by atoms with Crippen molar-refractivity contribution in [3.63, 3.8) is 0 Å². The van der Waals surface area contributed by atoms with Crippen LogP contribution in [-0.4, -0.2) is 43.9 Å². The Kier molecular flexibility index (Phi) is 5.64. The molecule has 9 heteroatoms. The van der Waals surface area contributed by atoms with Gasteiger partial charge in [-0.3, -0.25) is 4.79 Å². The molecule has 1 aliphatic heterocycles. The lowest BCUT2D eigenvalue weighted by Crippen LogP contribution is -2.49. The van der Waals surface area contributed by atoms with Crippen LogP contribution in [-0.2, 0) is 14.6 Å². The first-order valence-corrected chi connectivity index (χ1v) is 9.70. The lowest BCUT2D eigenvalue weighted by Gasteiger charge is -2.17. The van der Waals surface area contributed by atoms with Gasteiger partial charge in [-0.2, -0.15) is 0 Å². The van der Waals surface area contributed by atoms with Gasteiger partial charge in [0.1, 0.15) is 6.04 Å². The second-order valence-electron chi connectivity index (χ2n) is 5.44. The van der Waals surface area contributed by atoms with Crippen molar-refractivity contribution in [3.05, 3.63) is 28.7 Å². The minimum absolute atomic E-state index is 0.0557. The van der Waals surface area contributed by atoms with E-state index in [1.54, 1.807) is 31.2 Å². The number of amides is 3. The number of nitrogens with one attached hydrogen (secondary N) is 3. The summed E-state index contributed by atoms with van der Waals surface area (Å²) in [5.74, 6) is -0.334. The second kappa shape index (κ2) is 7.31. The molecule has 0 bridgehead atoms. The molecule has 2 unspecified atom stereocenters. The second-order valence-corrected chi connectivity index (χ2v) is 8.58. The van der Waals surface area contributed by atoms with Crippen LogP contribution in [0, 0.1) is 0 Å². The molecule has 7 nitrogen and oxygen atoms in total. The Bertz CT molecular complexity index is 690. The molecule has 23 heavy (non-hydrogen) atoms. The molecular formula is C14H18BrN3O4S. The number of urea groups is 1. The molecule has 3 N–H and O–H groups in total. The van der Waals surface area contributed by atoms with Crippen molar-refractivity contribution in [3.8, 4) is 0 Å². The smallest absolute Gasteiger partial charge is 0.315 e. The maximum Gasteiger partial charge on any atom is 0.315 e. The predicted octanol–water partition coefficient (Wildman–Crippen LogP) is 1.26. The van der Waals surface area contributed by atoms with E-state index in [9.17, 15) is 18.0 Å². The quantitative estimate of drug-likeness (QED) is 0.703. The van der Waals surface area contributed by atoms with Crippen molar-refractivity contribution in [2.45, 2.75) is 25.4 Å². The van der Waals surface area contributed by atoms with Gasteiger partial charge >= 0.3 is 6.03 Å². The van der Waals surface area contributed by atoms with E-state index in [4.69, 9.17) is 0 Å². The number of halogens is 1. The Morgan fingerprint density at radius 1 is 1.26 bits per heavy atom. The third-order valence-electron chi connectivity index (χ3n) is 3.42. The molecular weight excluding hydrogens is 386 g/mol. The number of benzene rings is 1. The standard InChI is InChI=1S/C14H18BrN3O4S/c1-9(13(19)17-11-4-2-10(15)3-5-11)16-14(20)18-12-6-7-23(21,22)8-12/h2-5,9,12H,6-8H2,1H3,(H,17,19)(H2,16,18,20). The highest BCUT2D eigenvalue weighted by atomic mass is 79.9. The largest absolute Gasteiger partial charge is 0.334 e. The molecule has 1 heterocycles. The summed E-state index contributed by atoms with van der Waals surface area (Å²) < 4.78 is 23.6. The van der Waals surface area contributed by atoms with Crippen molar-refractivity contribution in [1.29, 1.82) is 0 Å². The van der Waals surface area contributed by atoms with Gasteiger partial charge in [-0.1, -0.05) is 15.9 Å². The van der Waals surface area contributed by atoms with E-state index in [1.165, 1.54) is 0 Å². The summed E-state index contributed by atoms with van der Waals surface area (Å²) in [5, 5.41) is 7.76. The van der Waals surface area contributed by atoms with Gasteiger partial charge in [0.15, 0.2) is 9.84 Å². The number of sulfone groups is 1. The number of anilines is 1. The summed E-state index contributed by atoms with van der Waals surface area (Å²) in [7, 11) is -3.06. The number of rotatable bonds is 4. The summed E-state index contributed by atoms with van der Waals surface area (Å²) in [6, 6.07) is 5.35. The van der Waals surface area contributed by atoms with Gasteiger partial charge in [0.25, 0.3) is 0 Å². The van der Waals surface area contributed by atoms with Crippen molar-refractivity contribution in [1.82, 2.24) is 10.6 Å². The Morgan fingerprint density at radius 3 is 2.48 bits per heavy atom. The van der Waals surface area contributed by atoms with Gasteiger partial charge in [0, 0.05) is 16.2 Å². The van der Waals surface area contributed by atoms with Gasteiger partial charge in [-0.05, 0) is 37.6 Å². The molecule has 3 amide bonds. The van der Waals surface area contributed by atoms with Crippen molar-refractivity contribution < 1.29 is 18.0 Å². The molecule has 2 rings (SSSR count). The third kappa shape index (κ3) is 5.51. The van der Waals surface area contributed by atoms with Crippen LogP contribution in [0.3, 0.4) is 0 Å². The molecule has 1 aliphatic rings. The first-order chi connectivity index (χ1) is 10.7. The molecule has 1 fully saturated rings. The highest BCUT2D eigenvalue weighted by Crippen LogP contribution is 2.14. The first-order valence-electron chi connectivity index (χ1n) is 7.09. The highest BCUT2D eigenvalue weighted by molar-refractivity contribution is 9.10. The van der Waals surface area contributed by atoms with Gasteiger partial charge in [-0.25, -0.2) is 13.2 Å². The fraction of sp³-hybridized carbons (Fsp3) is 0.429. The van der Waals surface area contributed by atoms with E-state index in [2.05, 4.69) is 31.9 Å². The minimum atomic E-state index is -3.06. The zero-order chi connectivity index (χ0) is 17.0. The van der Waals surface area contributed by atoms with Crippen molar-refractivity contribution in [2.75, 3.05) is 16.8 Å². The lowest BCUT2D eigenvalue weighted by atomic mass is 10.2. The molecule has 1 aromatic rings. The monoisotopic (exact) mass is 403 g/mol. The fourth-order valence-electron chi connectivity index (χ4n) is 2.18. The Hall–Kier alpha value is -1.61. The average molecular weight is 404 g/mol. The van der Waals surface area contributed by atoms with Crippen LogP contribution in [0.4, 0.5) is 10.5 Å². The molecule has 0 radical (unpaired) electrons. The molecule has 2 atom stereocenters. The van der Waals surface area contributed by atoms with Crippen LogP contribution in [0.1, 0.15) is 13.3 Å². The number of carbonyl (C=O) groups excluding carboxylic acids is 2. The Morgan fingerprint density at radius 2 is 1.91 bits per heavy atom. The van der Waals surface area contributed by atoms with Gasteiger partial charge in [-0.15, -0.1) is 0 Å². The zero-order valence-electron chi connectivity index (χ0n) is 12.5. The molecule has 126 valence electrons. The van der Waals surface area contributed by atoms with Crippen LogP contribution in [0.25, 0.3) is 0 Å². The Balaban J connectivity index is 1.81. The van der Waals surface area contributed by atoms with Crippen molar-refractivity contribution in [2.24, 2.45) is 0 Å². The molecule has 0 aromatic heterocycles. The van der Waals surface area contributed by atoms with E-state index >= 15 is 0 Å². The maximum atomic E-state index is 12.0. The number of carbonyl (C=O) groups is 2. The molecule has 0 aliphatic carbocycles. The Labute approximate surface area is 143 Å². The van der Waals surface area contributed by atoms with Crippen LogP contribution in [0.5, 0.6) is 0 Å². The highest BCUT2D eigenvalue weighted by Gasteiger charge is 2.29. The van der Waals surface area contributed by atoms with E-state index in [0.29, 0.717) is 12.1 Å². The van der Waals surface area contributed by atoms with Crippen LogP contribution >= 0.6 is 15.9 Å². The molecule has 0 spiro atoms. The predicted molar refractivity (Wildman–Crippen MR) is 91.0 cm³/mol. The van der Waals surface area contributed by atoms with Crippen LogP contribution in [0.15, 0.2) is 28.7 Å². The average Bonchev–Trinajstić information content (AvgIpc) is 2.80. The molecule has 1 aromatic carbocycles. The van der Waals surface area contributed by atoms with Gasteiger partial charge in [0.2, 0.25) is 5.91 Å². The zero-order valence-corrected chi connectivity index (χ0v) is 14.9. The van der Waals surface area contributed by atoms with E-state index in [1.807, 2.05) is 0 Å².